The predicted molar refractivity (Wildman–Crippen MR) is 148 cm³/mol. The van der Waals surface area contributed by atoms with Gasteiger partial charge in [-0.2, -0.15) is 26.3 Å². The second kappa shape index (κ2) is 10.5. The molecule has 4 aromatic carbocycles. The number of nitrogens with zero attached hydrogens (tertiary/aromatic N) is 6. The summed E-state index contributed by atoms with van der Waals surface area (Å²) in [5, 5.41) is 49.5. The lowest BCUT2D eigenvalue weighted by atomic mass is 9.93. The van der Waals surface area contributed by atoms with Crippen molar-refractivity contribution < 1.29 is 0 Å². The van der Waals surface area contributed by atoms with Gasteiger partial charge in [-0.05, 0) is 82.6 Å². The van der Waals surface area contributed by atoms with Crippen LogP contribution in [0.3, 0.4) is 0 Å². The van der Waals surface area contributed by atoms with Crippen LogP contribution in [0.4, 0.5) is 11.4 Å². The first kappa shape index (κ1) is 24.6. The van der Waals surface area contributed by atoms with Gasteiger partial charge in [-0.15, -0.1) is 0 Å². The normalized spacial score (nSPS) is 14.0. The molecule has 6 nitrogen and oxygen atoms in total. The summed E-state index contributed by atoms with van der Waals surface area (Å²) >= 11 is 0. The monoisotopic (exact) mass is 498 g/mol. The Balaban J connectivity index is 1.60. The minimum atomic E-state index is -0.477. The molecule has 5 rings (SSSR count). The summed E-state index contributed by atoms with van der Waals surface area (Å²) in [6.45, 7) is 0. The van der Waals surface area contributed by atoms with Crippen molar-refractivity contribution in [3.05, 3.63) is 119 Å². The Kier molecular flexibility index (Phi) is 6.59. The lowest BCUT2D eigenvalue weighted by Gasteiger charge is -2.30. The van der Waals surface area contributed by atoms with E-state index in [2.05, 4.69) is 36.4 Å². The van der Waals surface area contributed by atoms with E-state index in [-0.39, 0.29) is 0 Å². The van der Waals surface area contributed by atoms with E-state index in [4.69, 9.17) is 5.26 Å². The highest BCUT2D eigenvalue weighted by Gasteiger charge is 2.23. The minimum Gasteiger partial charge on any atom is -0.314 e. The molecule has 4 aromatic rings. The topological polar surface area (TPSA) is 122 Å². The predicted octanol–water partition coefficient (Wildman–Crippen LogP) is 7.14. The van der Waals surface area contributed by atoms with Crippen LogP contribution in [0, 0.1) is 62.6 Å². The molecule has 6 heteroatoms. The highest BCUT2D eigenvalue weighted by atomic mass is 15.1. The number of benzene rings is 4. The molecule has 0 radical (unpaired) electrons. The summed E-state index contributed by atoms with van der Waals surface area (Å²) in [4.78, 5) is 1.89. The van der Waals surface area contributed by atoms with Gasteiger partial charge in [0.05, 0.1) is 58.5 Å². The van der Waals surface area contributed by atoms with Crippen molar-refractivity contribution in [3.63, 3.8) is 0 Å². The quantitative estimate of drug-likeness (QED) is 0.295. The van der Waals surface area contributed by atoms with Gasteiger partial charge in [0.25, 0.3) is 0 Å². The van der Waals surface area contributed by atoms with Crippen LogP contribution < -0.4 is 4.90 Å². The molecular formula is C33H18N6. The van der Waals surface area contributed by atoms with E-state index in [0.29, 0.717) is 40.1 Å². The highest BCUT2D eigenvalue weighted by molar-refractivity contribution is 5.88. The summed E-state index contributed by atoms with van der Waals surface area (Å²) in [7, 11) is 0. The van der Waals surface area contributed by atoms with Crippen LogP contribution in [-0.2, 0) is 0 Å². The fourth-order valence-corrected chi connectivity index (χ4v) is 4.74. The Hall–Kier alpha value is -6.13. The third-order valence-corrected chi connectivity index (χ3v) is 6.58. The average molecular weight is 499 g/mol. The van der Waals surface area contributed by atoms with E-state index in [1.807, 2.05) is 53.4 Å². The van der Waals surface area contributed by atoms with Crippen LogP contribution in [0.5, 0.6) is 0 Å². The second-order valence-electron chi connectivity index (χ2n) is 9.07. The maximum atomic E-state index is 9.62. The summed E-state index contributed by atoms with van der Waals surface area (Å²) in [6.07, 6.45) is 3.76. The largest absolute Gasteiger partial charge is 0.314 e. The molecule has 1 aliphatic rings. The molecule has 0 aromatic heterocycles. The Morgan fingerprint density at radius 2 is 1.23 bits per heavy atom. The fourth-order valence-electron chi connectivity index (χ4n) is 4.74. The van der Waals surface area contributed by atoms with Gasteiger partial charge in [-0.25, -0.2) is 0 Å². The van der Waals surface area contributed by atoms with Crippen LogP contribution in [0.15, 0.2) is 102 Å². The van der Waals surface area contributed by atoms with Gasteiger partial charge in [0.15, 0.2) is 0 Å². The standard InChI is InChI=1S/C33H18N6/c34-17-22-1-2-30-16-29(4-3-28(30)11-22)27-5-7-31(8-6-27)39(32-12-23(18-35)9-24(13-32)19-36)33-14-25(20-37)10-26(15-33)21-38/h1-14,16,26H,15H2. The second-order valence-corrected chi connectivity index (χ2v) is 9.07. The first-order valence-corrected chi connectivity index (χ1v) is 12.1. The summed E-state index contributed by atoms with van der Waals surface area (Å²) in [6, 6.07) is 35.2. The van der Waals surface area contributed by atoms with Crippen molar-refractivity contribution in [2.24, 2.45) is 5.92 Å². The number of rotatable bonds is 4. The molecule has 0 amide bonds. The van der Waals surface area contributed by atoms with Crippen LogP contribution in [0.1, 0.15) is 23.1 Å². The van der Waals surface area contributed by atoms with Gasteiger partial charge < -0.3 is 4.90 Å². The van der Waals surface area contributed by atoms with Crippen LogP contribution in [0.25, 0.3) is 21.9 Å². The first-order chi connectivity index (χ1) is 19.0. The number of fused-ring (bicyclic) bond motifs is 1. The molecule has 0 saturated heterocycles. The number of allylic oxidation sites excluding steroid dienone is 4. The van der Waals surface area contributed by atoms with E-state index in [0.717, 1.165) is 27.6 Å². The molecule has 0 spiro atoms. The lowest BCUT2D eigenvalue weighted by molar-refractivity contribution is 0.773. The van der Waals surface area contributed by atoms with E-state index in [1.165, 1.54) is 6.07 Å². The minimum absolute atomic E-state index is 0.339. The molecule has 0 aliphatic heterocycles. The summed E-state index contributed by atoms with van der Waals surface area (Å²) < 4.78 is 0. The van der Waals surface area contributed by atoms with Crippen molar-refractivity contribution in [2.75, 3.05) is 4.90 Å². The van der Waals surface area contributed by atoms with E-state index in [1.54, 1.807) is 30.4 Å². The molecule has 0 bridgehead atoms. The van der Waals surface area contributed by atoms with Gasteiger partial charge in [0.2, 0.25) is 0 Å². The van der Waals surface area contributed by atoms with Crippen molar-refractivity contribution in [1.29, 1.82) is 26.3 Å². The van der Waals surface area contributed by atoms with Gasteiger partial charge in [-0.1, -0.05) is 30.3 Å². The molecular weight excluding hydrogens is 480 g/mol. The third kappa shape index (κ3) is 4.94. The number of hydrogen-bond donors (Lipinski definition) is 0. The van der Waals surface area contributed by atoms with Crippen molar-refractivity contribution >= 4 is 22.1 Å². The van der Waals surface area contributed by atoms with Crippen LogP contribution >= 0.6 is 0 Å². The number of hydrogen-bond acceptors (Lipinski definition) is 6. The summed E-state index contributed by atoms with van der Waals surface area (Å²) in [5.74, 6) is -0.477. The molecule has 0 heterocycles. The fraction of sp³-hybridized carbons (Fsp3) is 0.0606. The molecule has 0 saturated carbocycles. The molecule has 39 heavy (non-hydrogen) atoms. The lowest BCUT2D eigenvalue weighted by Crippen LogP contribution is -2.21. The van der Waals surface area contributed by atoms with Crippen LogP contribution in [0.2, 0.25) is 0 Å². The Morgan fingerprint density at radius 3 is 1.87 bits per heavy atom. The van der Waals surface area contributed by atoms with E-state index < -0.39 is 5.92 Å². The molecule has 0 N–H and O–H groups in total. The van der Waals surface area contributed by atoms with Gasteiger partial charge >= 0.3 is 0 Å². The average Bonchev–Trinajstić information content (AvgIpc) is 3.00. The first-order valence-electron chi connectivity index (χ1n) is 12.1. The molecule has 1 atom stereocenters. The molecule has 180 valence electrons. The zero-order chi connectivity index (χ0) is 27.4. The van der Waals surface area contributed by atoms with Gasteiger partial charge in [0.1, 0.15) is 0 Å². The van der Waals surface area contributed by atoms with Crippen LogP contribution in [-0.4, -0.2) is 0 Å². The Labute approximate surface area is 226 Å². The molecule has 1 unspecified atom stereocenters. The maximum absolute atomic E-state index is 9.62. The number of nitriles is 5. The Morgan fingerprint density at radius 1 is 0.590 bits per heavy atom. The Bertz CT molecular complexity index is 1860. The van der Waals surface area contributed by atoms with Crippen molar-refractivity contribution in [3.8, 4) is 41.5 Å². The van der Waals surface area contributed by atoms with E-state index >= 15 is 0 Å². The third-order valence-electron chi connectivity index (χ3n) is 6.58. The van der Waals surface area contributed by atoms with Crippen molar-refractivity contribution in [1.82, 2.24) is 0 Å². The molecule has 1 aliphatic carbocycles. The zero-order valence-corrected chi connectivity index (χ0v) is 20.6. The zero-order valence-electron chi connectivity index (χ0n) is 20.6. The maximum Gasteiger partial charge on any atom is 0.0992 e. The smallest absolute Gasteiger partial charge is 0.0992 e. The van der Waals surface area contributed by atoms with E-state index in [9.17, 15) is 21.0 Å². The molecule has 0 fully saturated rings. The van der Waals surface area contributed by atoms with Crippen molar-refractivity contribution in [2.45, 2.75) is 6.42 Å². The SMILES string of the molecule is N#CC1=CC(C#N)CC(N(c2ccc(-c3ccc4cc(C#N)ccc4c3)cc2)c2cc(C#N)cc(C#N)c2)=C1. The summed E-state index contributed by atoms with van der Waals surface area (Å²) in [5.41, 5.74) is 5.75. The van der Waals surface area contributed by atoms with Gasteiger partial charge in [0, 0.05) is 23.5 Å². The highest BCUT2D eigenvalue weighted by Crippen LogP contribution is 2.37. The van der Waals surface area contributed by atoms with Gasteiger partial charge in [-0.3, -0.25) is 0 Å². The number of anilines is 2.